The van der Waals surface area contributed by atoms with Crippen molar-refractivity contribution in [2.45, 2.75) is 32.7 Å². The number of hydrogen-bond acceptors (Lipinski definition) is 6. The van der Waals surface area contributed by atoms with Crippen molar-refractivity contribution in [2.24, 2.45) is 5.92 Å². The van der Waals surface area contributed by atoms with Crippen molar-refractivity contribution in [3.63, 3.8) is 0 Å². The second kappa shape index (κ2) is 11.2. The van der Waals surface area contributed by atoms with Gasteiger partial charge in [-0.2, -0.15) is 0 Å². The maximum absolute atomic E-state index is 13.2. The standard InChI is InChI=1S/C28H32ClN3O3S/c1-19-30-25(18-36-19)14-27(33)32-9-10-34-28-23(16-32)11-22(21-6-3-7-24(29)12-21)13-26(28)35-17-20-5-4-8-31(2)15-20/h3,6-7,11-13,18,20H,4-5,8-10,14-17H2,1-2H3. The number of nitrogens with zero attached hydrogens (tertiary/aromatic N) is 3. The van der Waals surface area contributed by atoms with E-state index < -0.39 is 0 Å². The van der Waals surface area contributed by atoms with Crippen LogP contribution in [0.5, 0.6) is 11.5 Å². The summed E-state index contributed by atoms with van der Waals surface area (Å²) in [5.41, 5.74) is 3.78. The van der Waals surface area contributed by atoms with Gasteiger partial charge in [-0.1, -0.05) is 23.7 Å². The van der Waals surface area contributed by atoms with Crippen molar-refractivity contribution >= 4 is 28.8 Å². The first-order chi connectivity index (χ1) is 17.4. The molecule has 0 radical (unpaired) electrons. The zero-order valence-corrected chi connectivity index (χ0v) is 22.4. The van der Waals surface area contributed by atoms with Gasteiger partial charge in [-0.05, 0) is 68.8 Å². The van der Waals surface area contributed by atoms with Gasteiger partial charge >= 0.3 is 0 Å². The topological polar surface area (TPSA) is 54.9 Å². The van der Waals surface area contributed by atoms with Crippen molar-refractivity contribution in [3.8, 4) is 22.6 Å². The molecule has 1 unspecified atom stereocenters. The molecule has 2 aromatic carbocycles. The molecule has 0 aliphatic carbocycles. The molecule has 0 N–H and O–H groups in total. The third-order valence-electron chi connectivity index (χ3n) is 6.81. The number of aryl methyl sites for hydroxylation is 1. The monoisotopic (exact) mass is 525 g/mol. The first-order valence-electron chi connectivity index (χ1n) is 12.5. The van der Waals surface area contributed by atoms with Gasteiger partial charge < -0.3 is 19.3 Å². The summed E-state index contributed by atoms with van der Waals surface area (Å²) in [6.45, 7) is 6.20. The average Bonchev–Trinajstić information content (AvgIpc) is 3.14. The molecule has 1 atom stereocenters. The summed E-state index contributed by atoms with van der Waals surface area (Å²) in [6, 6.07) is 12.0. The van der Waals surface area contributed by atoms with Crippen LogP contribution in [0.15, 0.2) is 41.8 Å². The maximum atomic E-state index is 13.2. The van der Waals surface area contributed by atoms with E-state index in [4.69, 9.17) is 21.1 Å². The van der Waals surface area contributed by atoms with Crippen LogP contribution in [0.1, 0.15) is 29.1 Å². The highest BCUT2D eigenvalue weighted by molar-refractivity contribution is 7.09. The van der Waals surface area contributed by atoms with Crippen LogP contribution in [-0.2, 0) is 17.8 Å². The van der Waals surface area contributed by atoms with Crippen molar-refractivity contribution in [3.05, 3.63) is 63.1 Å². The number of benzene rings is 2. The Balaban J connectivity index is 1.43. The molecule has 0 spiro atoms. The number of carbonyl (C=O) groups excluding carboxylic acids is 1. The molecule has 1 fully saturated rings. The Morgan fingerprint density at radius 3 is 2.92 bits per heavy atom. The molecule has 3 heterocycles. The van der Waals surface area contributed by atoms with Gasteiger partial charge in [0.1, 0.15) is 6.61 Å². The molecule has 190 valence electrons. The number of amides is 1. The van der Waals surface area contributed by atoms with Crippen LogP contribution < -0.4 is 9.47 Å². The van der Waals surface area contributed by atoms with Gasteiger partial charge in [-0.3, -0.25) is 4.79 Å². The van der Waals surface area contributed by atoms with Crippen molar-refractivity contribution < 1.29 is 14.3 Å². The molecule has 5 rings (SSSR count). The van der Waals surface area contributed by atoms with Gasteiger partial charge in [-0.15, -0.1) is 11.3 Å². The van der Waals surface area contributed by atoms with E-state index in [1.807, 2.05) is 47.5 Å². The average molecular weight is 526 g/mol. The summed E-state index contributed by atoms with van der Waals surface area (Å²) in [5, 5.41) is 3.61. The van der Waals surface area contributed by atoms with Crippen molar-refractivity contribution in [2.75, 3.05) is 39.9 Å². The third-order valence-corrected chi connectivity index (χ3v) is 7.86. The van der Waals surface area contributed by atoms with Crippen molar-refractivity contribution in [1.82, 2.24) is 14.8 Å². The SMILES string of the molecule is Cc1nc(CC(=O)N2CCOc3c(cc(-c4cccc(Cl)c4)cc3OCC3CCCN(C)C3)C2)cs1. The molecule has 1 saturated heterocycles. The lowest BCUT2D eigenvalue weighted by atomic mass is 9.99. The smallest absolute Gasteiger partial charge is 0.229 e. The van der Waals surface area contributed by atoms with Crippen LogP contribution in [0.2, 0.25) is 5.02 Å². The molecular formula is C28H32ClN3O3S. The van der Waals surface area contributed by atoms with Crippen LogP contribution in [0.25, 0.3) is 11.1 Å². The molecule has 1 amide bonds. The van der Waals surface area contributed by atoms with Crippen LogP contribution >= 0.6 is 22.9 Å². The normalized spacial score (nSPS) is 18.3. The van der Waals surface area contributed by atoms with E-state index in [1.165, 1.54) is 12.8 Å². The molecular weight excluding hydrogens is 494 g/mol. The summed E-state index contributed by atoms with van der Waals surface area (Å²) in [6.07, 6.45) is 2.66. The van der Waals surface area contributed by atoms with Gasteiger partial charge in [0, 0.05) is 35.0 Å². The van der Waals surface area contributed by atoms with E-state index in [0.717, 1.165) is 52.0 Å². The number of carbonyl (C=O) groups is 1. The Bertz CT molecular complexity index is 1230. The Morgan fingerprint density at radius 2 is 2.14 bits per heavy atom. The lowest BCUT2D eigenvalue weighted by Gasteiger charge is -2.29. The van der Waals surface area contributed by atoms with Crippen LogP contribution in [0.3, 0.4) is 0 Å². The van der Waals surface area contributed by atoms with Gasteiger partial charge in [0.05, 0.1) is 30.3 Å². The van der Waals surface area contributed by atoms with Gasteiger partial charge in [0.15, 0.2) is 11.5 Å². The Morgan fingerprint density at radius 1 is 1.25 bits per heavy atom. The number of ether oxygens (including phenoxy) is 2. The number of rotatable bonds is 6. The molecule has 2 aliphatic heterocycles. The number of piperidine rings is 1. The first kappa shape index (κ1) is 25.1. The van der Waals surface area contributed by atoms with E-state index >= 15 is 0 Å². The Labute approximate surface area is 221 Å². The summed E-state index contributed by atoms with van der Waals surface area (Å²) in [7, 11) is 2.17. The molecule has 6 nitrogen and oxygen atoms in total. The summed E-state index contributed by atoms with van der Waals surface area (Å²) in [5.74, 6) is 2.02. The molecule has 3 aromatic rings. The summed E-state index contributed by atoms with van der Waals surface area (Å²) >= 11 is 7.87. The fourth-order valence-corrected chi connectivity index (χ4v) is 5.81. The van der Waals surface area contributed by atoms with E-state index in [0.29, 0.717) is 43.7 Å². The van der Waals surface area contributed by atoms with E-state index in [1.54, 1.807) is 11.3 Å². The quantitative estimate of drug-likeness (QED) is 0.428. The second-order valence-electron chi connectivity index (χ2n) is 9.75. The Kier molecular flexibility index (Phi) is 7.79. The molecule has 0 bridgehead atoms. The third kappa shape index (κ3) is 6.02. The minimum atomic E-state index is 0.0534. The second-order valence-corrected chi connectivity index (χ2v) is 11.3. The highest BCUT2D eigenvalue weighted by atomic mass is 35.5. The highest BCUT2D eigenvalue weighted by Gasteiger charge is 2.25. The number of fused-ring (bicyclic) bond motifs is 1. The zero-order valence-electron chi connectivity index (χ0n) is 20.8. The van der Waals surface area contributed by atoms with Crippen LogP contribution in [-0.4, -0.2) is 60.6 Å². The van der Waals surface area contributed by atoms with E-state index in [-0.39, 0.29) is 5.91 Å². The Hall–Kier alpha value is -2.61. The largest absolute Gasteiger partial charge is 0.489 e. The lowest BCUT2D eigenvalue weighted by Crippen LogP contribution is -2.34. The van der Waals surface area contributed by atoms with Gasteiger partial charge in [0.2, 0.25) is 5.91 Å². The number of hydrogen-bond donors (Lipinski definition) is 0. The number of likely N-dealkylation sites (tertiary alicyclic amines) is 1. The van der Waals surface area contributed by atoms with Crippen molar-refractivity contribution in [1.29, 1.82) is 0 Å². The minimum absolute atomic E-state index is 0.0534. The number of aromatic nitrogens is 1. The fourth-order valence-electron chi connectivity index (χ4n) is 5.01. The summed E-state index contributed by atoms with van der Waals surface area (Å²) in [4.78, 5) is 21.9. The molecule has 1 aromatic heterocycles. The lowest BCUT2D eigenvalue weighted by molar-refractivity contribution is -0.131. The van der Waals surface area contributed by atoms with E-state index in [9.17, 15) is 4.79 Å². The maximum Gasteiger partial charge on any atom is 0.229 e. The molecule has 2 aliphatic rings. The molecule has 0 saturated carbocycles. The zero-order chi connectivity index (χ0) is 25.1. The van der Waals surface area contributed by atoms with Gasteiger partial charge in [0.25, 0.3) is 0 Å². The summed E-state index contributed by atoms with van der Waals surface area (Å²) < 4.78 is 12.7. The molecule has 36 heavy (non-hydrogen) atoms. The predicted octanol–water partition coefficient (Wildman–Crippen LogP) is 5.46. The minimum Gasteiger partial charge on any atom is -0.489 e. The highest BCUT2D eigenvalue weighted by Crippen LogP contribution is 2.39. The fraction of sp³-hybridized carbons (Fsp3) is 0.429. The first-order valence-corrected chi connectivity index (χ1v) is 13.8. The number of halogens is 1. The van der Waals surface area contributed by atoms with Crippen LogP contribution in [0, 0.1) is 12.8 Å². The predicted molar refractivity (Wildman–Crippen MR) is 144 cm³/mol. The van der Waals surface area contributed by atoms with Crippen LogP contribution in [0.4, 0.5) is 0 Å². The van der Waals surface area contributed by atoms with E-state index in [2.05, 4.69) is 23.0 Å². The molecule has 8 heteroatoms. The van der Waals surface area contributed by atoms with Gasteiger partial charge in [-0.25, -0.2) is 4.98 Å². The number of thiazole rings is 1.